The van der Waals surface area contributed by atoms with Gasteiger partial charge in [0.25, 0.3) is 5.91 Å². The SMILES string of the molecule is O=C(COC(=O)CCc1ccccc1)Nc1ccc(N2CCCC2=O)cc1. The first-order valence-electron chi connectivity index (χ1n) is 9.01. The second-order valence-electron chi connectivity index (χ2n) is 6.39. The number of carbonyl (C=O) groups is 3. The molecule has 140 valence electrons. The van der Waals surface area contributed by atoms with Crippen LogP contribution in [0.15, 0.2) is 54.6 Å². The van der Waals surface area contributed by atoms with Crippen molar-refractivity contribution in [2.45, 2.75) is 25.7 Å². The van der Waals surface area contributed by atoms with Crippen molar-refractivity contribution in [2.75, 3.05) is 23.4 Å². The highest BCUT2D eigenvalue weighted by Gasteiger charge is 2.21. The highest BCUT2D eigenvalue weighted by atomic mass is 16.5. The lowest BCUT2D eigenvalue weighted by Gasteiger charge is -2.16. The predicted octanol–water partition coefficient (Wildman–Crippen LogP) is 2.93. The maximum atomic E-state index is 11.9. The lowest BCUT2D eigenvalue weighted by molar-refractivity contribution is -0.147. The molecule has 0 saturated carbocycles. The van der Waals surface area contributed by atoms with Gasteiger partial charge in [0, 0.05) is 30.8 Å². The Morgan fingerprint density at radius 3 is 2.44 bits per heavy atom. The molecule has 2 aromatic carbocycles. The van der Waals surface area contributed by atoms with Crippen molar-refractivity contribution in [2.24, 2.45) is 0 Å². The van der Waals surface area contributed by atoms with Gasteiger partial charge in [0.2, 0.25) is 5.91 Å². The van der Waals surface area contributed by atoms with E-state index in [9.17, 15) is 14.4 Å². The normalized spacial score (nSPS) is 13.5. The lowest BCUT2D eigenvalue weighted by atomic mass is 10.1. The van der Waals surface area contributed by atoms with Crippen molar-refractivity contribution >= 4 is 29.2 Å². The van der Waals surface area contributed by atoms with Crippen LogP contribution < -0.4 is 10.2 Å². The number of nitrogens with zero attached hydrogens (tertiary/aromatic N) is 1. The molecular formula is C21H22N2O4. The van der Waals surface area contributed by atoms with E-state index >= 15 is 0 Å². The zero-order valence-electron chi connectivity index (χ0n) is 15.0. The highest BCUT2D eigenvalue weighted by molar-refractivity contribution is 5.96. The summed E-state index contributed by atoms with van der Waals surface area (Å²) in [5, 5.41) is 2.68. The van der Waals surface area contributed by atoms with Gasteiger partial charge < -0.3 is 15.0 Å². The number of esters is 1. The summed E-state index contributed by atoms with van der Waals surface area (Å²) in [5.41, 5.74) is 2.47. The fourth-order valence-corrected chi connectivity index (χ4v) is 2.95. The first kappa shape index (κ1) is 18.6. The summed E-state index contributed by atoms with van der Waals surface area (Å²) in [6, 6.07) is 16.7. The van der Waals surface area contributed by atoms with Gasteiger partial charge in [-0.1, -0.05) is 30.3 Å². The Balaban J connectivity index is 1.41. The lowest BCUT2D eigenvalue weighted by Crippen LogP contribution is -2.23. The Morgan fingerprint density at radius 1 is 1.04 bits per heavy atom. The number of carbonyl (C=O) groups excluding carboxylic acids is 3. The van der Waals surface area contributed by atoms with E-state index in [-0.39, 0.29) is 18.9 Å². The molecule has 2 amide bonds. The molecule has 1 N–H and O–H groups in total. The van der Waals surface area contributed by atoms with E-state index in [4.69, 9.17) is 4.74 Å². The number of aryl methyl sites for hydroxylation is 1. The zero-order chi connectivity index (χ0) is 19.1. The van der Waals surface area contributed by atoms with Crippen LogP contribution in [0.2, 0.25) is 0 Å². The summed E-state index contributed by atoms with van der Waals surface area (Å²) in [6.45, 7) is 0.406. The molecule has 27 heavy (non-hydrogen) atoms. The summed E-state index contributed by atoms with van der Waals surface area (Å²) >= 11 is 0. The van der Waals surface area contributed by atoms with Gasteiger partial charge in [-0.15, -0.1) is 0 Å². The summed E-state index contributed by atoms with van der Waals surface area (Å²) in [7, 11) is 0. The Kier molecular flexibility index (Phi) is 6.20. The van der Waals surface area contributed by atoms with Crippen LogP contribution in [0.3, 0.4) is 0 Å². The van der Waals surface area contributed by atoms with E-state index in [1.165, 1.54) is 0 Å². The van der Waals surface area contributed by atoms with Gasteiger partial charge in [-0.05, 0) is 42.7 Å². The van der Waals surface area contributed by atoms with Gasteiger partial charge >= 0.3 is 5.97 Å². The average molecular weight is 366 g/mol. The van der Waals surface area contributed by atoms with Crippen LogP contribution in [0.25, 0.3) is 0 Å². The fraction of sp³-hybridized carbons (Fsp3) is 0.286. The number of nitrogens with one attached hydrogen (secondary N) is 1. The molecule has 0 unspecified atom stereocenters. The van der Waals surface area contributed by atoms with E-state index in [1.807, 2.05) is 30.3 Å². The molecule has 0 bridgehead atoms. The van der Waals surface area contributed by atoms with Crippen molar-refractivity contribution in [3.05, 3.63) is 60.2 Å². The van der Waals surface area contributed by atoms with E-state index in [1.54, 1.807) is 29.2 Å². The maximum Gasteiger partial charge on any atom is 0.306 e. The van der Waals surface area contributed by atoms with Crippen LogP contribution in [0.1, 0.15) is 24.8 Å². The van der Waals surface area contributed by atoms with Crippen molar-refractivity contribution in [1.82, 2.24) is 0 Å². The molecule has 1 saturated heterocycles. The Hall–Kier alpha value is -3.15. The molecule has 1 fully saturated rings. The molecule has 3 rings (SSSR count). The first-order valence-corrected chi connectivity index (χ1v) is 9.01. The van der Waals surface area contributed by atoms with Gasteiger partial charge in [-0.25, -0.2) is 0 Å². The highest BCUT2D eigenvalue weighted by Crippen LogP contribution is 2.22. The predicted molar refractivity (Wildman–Crippen MR) is 102 cm³/mol. The maximum absolute atomic E-state index is 11.9. The molecule has 1 aliphatic rings. The Labute approximate surface area is 158 Å². The molecule has 0 aromatic heterocycles. The van der Waals surface area contributed by atoms with Gasteiger partial charge in [0.05, 0.1) is 0 Å². The zero-order valence-corrected chi connectivity index (χ0v) is 15.0. The third-order valence-corrected chi connectivity index (χ3v) is 4.36. The van der Waals surface area contributed by atoms with Crippen LogP contribution in [0.4, 0.5) is 11.4 Å². The quantitative estimate of drug-likeness (QED) is 0.765. The van der Waals surface area contributed by atoms with Gasteiger partial charge in [-0.3, -0.25) is 14.4 Å². The second kappa shape index (κ2) is 8.98. The van der Waals surface area contributed by atoms with Crippen molar-refractivity contribution in [3.63, 3.8) is 0 Å². The third kappa shape index (κ3) is 5.41. The number of ether oxygens (including phenoxy) is 1. The third-order valence-electron chi connectivity index (χ3n) is 4.36. The largest absolute Gasteiger partial charge is 0.456 e. The molecule has 6 nitrogen and oxygen atoms in total. The molecule has 1 heterocycles. The fourth-order valence-electron chi connectivity index (χ4n) is 2.95. The van der Waals surface area contributed by atoms with Gasteiger partial charge in [0.15, 0.2) is 6.61 Å². The van der Waals surface area contributed by atoms with Crippen LogP contribution in [0, 0.1) is 0 Å². The number of hydrogen-bond acceptors (Lipinski definition) is 4. The van der Waals surface area contributed by atoms with Crippen molar-refractivity contribution < 1.29 is 19.1 Å². The van der Waals surface area contributed by atoms with Crippen LogP contribution >= 0.6 is 0 Å². The minimum absolute atomic E-state index is 0.120. The smallest absolute Gasteiger partial charge is 0.306 e. The molecule has 0 aliphatic carbocycles. The van der Waals surface area contributed by atoms with Crippen molar-refractivity contribution in [3.8, 4) is 0 Å². The molecular weight excluding hydrogens is 344 g/mol. The first-order chi connectivity index (χ1) is 13.1. The van der Waals surface area contributed by atoms with E-state index in [0.717, 1.165) is 24.2 Å². The summed E-state index contributed by atoms with van der Waals surface area (Å²) < 4.78 is 5.01. The van der Waals surface area contributed by atoms with E-state index < -0.39 is 11.9 Å². The number of anilines is 2. The molecule has 2 aromatic rings. The summed E-state index contributed by atoms with van der Waals surface area (Å²) in [6.07, 6.45) is 2.26. The number of benzene rings is 2. The standard InChI is InChI=1S/C21H22N2O4/c24-19(15-27-21(26)13-8-16-5-2-1-3-6-16)22-17-9-11-18(12-10-17)23-14-4-7-20(23)25/h1-3,5-6,9-12H,4,7-8,13-15H2,(H,22,24). The molecule has 0 spiro atoms. The van der Waals surface area contributed by atoms with E-state index in [0.29, 0.717) is 18.5 Å². The summed E-state index contributed by atoms with van der Waals surface area (Å²) in [4.78, 5) is 37.2. The topological polar surface area (TPSA) is 75.7 Å². The van der Waals surface area contributed by atoms with Gasteiger partial charge in [0.1, 0.15) is 0 Å². The van der Waals surface area contributed by atoms with Gasteiger partial charge in [-0.2, -0.15) is 0 Å². The Morgan fingerprint density at radius 2 is 1.78 bits per heavy atom. The second-order valence-corrected chi connectivity index (χ2v) is 6.39. The van der Waals surface area contributed by atoms with Crippen LogP contribution in [0.5, 0.6) is 0 Å². The minimum atomic E-state index is -0.406. The van der Waals surface area contributed by atoms with E-state index in [2.05, 4.69) is 5.32 Å². The number of hydrogen-bond donors (Lipinski definition) is 1. The Bertz CT molecular complexity index is 803. The van der Waals surface area contributed by atoms with Crippen LogP contribution in [-0.2, 0) is 25.5 Å². The number of amides is 2. The molecule has 1 aliphatic heterocycles. The van der Waals surface area contributed by atoms with Crippen molar-refractivity contribution in [1.29, 1.82) is 0 Å². The van der Waals surface area contributed by atoms with Crippen LogP contribution in [-0.4, -0.2) is 30.9 Å². The monoisotopic (exact) mass is 366 g/mol. The minimum Gasteiger partial charge on any atom is -0.456 e. The number of rotatable bonds is 7. The molecule has 0 radical (unpaired) electrons. The average Bonchev–Trinajstić information content (AvgIpc) is 3.12. The molecule has 0 atom stereocenters. The summed E-state index contributed by atoms with van der Waals surface area (Å²) in [5.74, 6) is -0.681. The molecule has 6 heteroatoms.